The summed E-state index contributed by atoms with van der Waals surface area (Å²) in [5.74, 6) is -1.60. The van der Waals surface area contributed by atoms with E-state index in [1.54, 1.807) is 23.7 Å². The Bertz CT molecular complexity index is 1090. The summed E-state index contributed by atoms with van der Waals surface area (Å²) in [4.78, 5) is 16.2. The molecule has 0 aliphatic heterocycles. The van der Waals surface area contributed by atoms with E-state index in [-0.39, 0.29) is 23.1 Å². The third kappa shape index (κ3) is 4.42. The normalized spacial score (nSPS) is 11.4. The van der Waals surface area contributed by atoms with Crippen molar-refractivity contribution < 1.29 is 22.0 Å². The highest BCUT2D eigenvalue weighted by Gasteiger charge is 2.18. The van der Waals surface area contributed by atoms with E-state index in [0.29, 0.717) is 5.69 Å². The molecule has 0 aliphatic rings. The lowest BCUT2D eigenvalue weighted by Gasteiger charge is -2.08. The molecule has 0 atom stereocenters. The fourth-order valence-corrected chi connectivity index (χ4v) is 3.83. The molecule has 0 radical (unpaired) electrons. The molecule has 9 heteroatoms. The Kier molecular flexibility index (Phi) is 5.55. The van der Waals surface area contributed by atoms with Gasteiger partial charge in [-0.3, -0.25) is 10.1 Å². The quantitative estimate of drug-likeness (QED) is 0.639. The zero-order chi connectivity index (χ0) is 20.3. The van der Waals surface area contributed by atoms with Crippen molar-refractivity contribution in [2.24, 2.45) is 7.05 Å². The minimum atomic E-state index is -3.71. The Labute approximate surface area is 160 Å². The van der Waals surface area contributed by atoms with Crippen molar-refractivity contribution in [3.63, 3.8) is 0 Å². The van der Waals surface area contributed by atoms with Gasteiger partial charge in [0.05, 0.1) is 22.5 Å². The summed E-state index contributed by atoms with van der Waals surface area (Å²) in [7, 11) is -2.03. The number of hydrogen-bond acceptors (Lipinski definition) is 4. The molecule has 1 N–H and O–H groups in total. The van der Waals surface area contributed by atoms with Gasteiger partial charge in [0.1, 0.15) is 11.6 Å². The number of hydrogen-bond donors (Lipinski definition) is 1. The summed E-state index contributed by atoms with van der Waals surface area (Å²) in [6.07, 6.45) is 1.25. The summed E-state index contributed by atoms with van der Waals surface area (Å²) in [6.45, 7) is 0. The highest BCUT2D eigenvalue weighted by molar-refractivity contribution is 7.91. The molecule has 0 saturated carbocycles. The lowest BCUT2D eigenvalue weighted by atomic mass is 10.2. The average Bonchev–Trinajstić information content (AvgIpc) is 3.02. The number of imidazole rings is 1. The first-order valence-corrected chi connectivity index (χ1v) is 9.97. The topological polar surface area (TPSA) is 81.1 Å². The minimum absolute atomic E-state index is 0.0442. The highest BCUT2D eigenvalue weighted by Crippen LogP contribution is 2.22. The van der Waals surface area contributed by atoms with Crippen LogP contribution >= 0.6 is 0 Å². The molecule has 0 unspecified atom stereocenters. The predicted molar refractivity (Wildman–Crippen MR) is 100 cm³/mol. The van der Waals surface area contributed by atoms with Crippen LogP contribution in [-0.2, 0) is 21.7 Å². The van der Waals surface area contributed by atoms with Gasteiger partial charge in [-0.25, -0.2) is 22.2 Å². The van der Waals surface area contributed by atoms with Gasteiger partial charge in [-0.05, 0) is 48.5 Å². The summed E-state index contributed by atoms with van der Waals surface area (Å²) >= 11 is 0. The van der Waals surface area contributed by atoms with Crippen LogP contribution in [0.2, 0.25) is 0 Å². The monoisotopic (exact) mass is 405 g/mol. The fourth-order valence-electron chi connectivity index (χ4n) is 2.59. The van der Waals surface area contributed by atoms with Crippen molar-refractivity contribution in [3.05, 3.63) is 66.4 Å². The molecule has 6 nitrogen and oxygen atoms in total. The molecule has 146 valence electrons. The summed E-state index contributed by atoms with van der Waals surface area (Å²) in [6, 6.07) is 10.3. The van der Waals surface area contributed by atoms with Crippen LogP contribution in [0.1, 0.15) is 6.42 Å². The molecule has 2 aromatic carbocycles. The molecular weight excluding hydrogens is 388 g/mol. The van der Waals surface area contributed by atoms with Crippen LogP contribution in [0.5, 0.6) is 0 Å². The van der Waals surface area contributed by atoms with E-state index in [1.807, 2.05) is 0 Å². The van der Waals surface area contributed by atoms with Gasteiger partial charge in [0.25, 0.3) is 0 Å². The molecule has 0 aliphatic carbocycles. The van der Waals surface area contributed by atoms with Crippen LogP contribution in [0.4, 0.5) is 14.7 Å². The van der Waals surface area contributed by atoms with E-state index in [1.165, 1.54) is 18.3 Å². The maximum Gasteiger partial charge on any atom is 0.227 e. The van der Waals surface area contributed by atoms with Crippen LogP contribution < -0.4 is 5.32 Å². The van der Waals surface area contributed by atoms with Crippen LogP contribution in [0, 0.1) is 11.6 Å². The smallest absolute Gasteiger partial charge is 0.227 e. The molecule has 0 saturated heterocycles. The number of nitrogens with zero attached hydrogens (tertiary/aromatic N) is 2. The van der Waals surface area contributed by atoms with Crippen LogP contribution in [0.3, 0.4) is 0 Å². The Morgan fingerprint density at radius 1 is 1.04 bits per heavy atom. The van der Waals surface area contributed by atoms with Gasteiger partial charge < -0.3 is 4.57 Å². The average molecular weight is 405 g/mol. The third-order valence-electron chi connectivity index (χ3n) is 4.15. The fraction of sp³-hybridized carbons (Fsp3) is 0.158. The zero-order valence-corrected chi connectivity index (χ0v) is 15.7. The van der Waals surface area contributed by atoms with Crippen molar-refractivity contribution in [2.45, 2.75) is 11.3 Å². The standard InChI is InChI=1S/C19H17F2N3O3S/c1-24-17(13-2-4-14(20)5-3-13)12-22-19(24)23-18(25)10-11-28(26,27)16-8-6-15(21)7-9-16/h2-9,12H,10-11H2,1H3,(H,22,23,25). The van der Waals surface area contributed by atoms with Gasteiger partial charge in [-0.1, -0.05) is 0 Å². The first-order valence-electron chi connectivity index (χ1n) is 8.32. The number of sulfone groups is 1. The van der Waals surface area contributed by atoms with Crippen molar-refractivity contribution >= 4 is 21.7 Å². The van der Waals surface area contributed by atoms with Gasteiger partial charge in [0, 0.05) is 19.0 Å². The highest BCUT2D eigenvalue weighted by atomic mass is 32.2. The number of carbonyl (C=O) groups is 1. The van der Waals surface area contributed by atoms with Gasteiger partial charge in [-0.15, -0.1) is 0 Å². The minimum Gasteiger partial charge on any atom is -0.313 e. The Balaban J connectivity index is 1.65. The number of aromatic nitrogens is 2. The number of anilines is 1. The second-order valence-corrected chi connectivity index (χ2v) is 8.21. The molecule has 1 heterocycles. The van der Waals surface area contributed by atoms with E-state index in [9.17, 15) is 22.0 Å². The first kappa shape index (κ1) is 19.7. The van der Waals surface area contributed by atoms with E-state index < -0.39 is 27.3 Å². The van der Waals surface area contributed by atoms with Crippen molar-refractivity contribution in [2.75, 3.05) is 11.1 Å². The molecule has 1 aromatic heterocycles. The maximum absolute atomic E-state index is 13.1. The Morgan fingerprint density at radius 3 is 2.21 bits per heavy atom. The van der Waals surface area contributed by atoms with Crippen LogP contribution in [0.25, 0.3) is 11.3 Å². The molecule has 0 fully saturated rings. The van der Waals surface area contributed by atoms with E-state index in [4.69, 9.17) is 0 Å². The predicted octanol–water partition coefficient (Wildman–Crippen LogP) is 3.17. The number of amides is 1. The molecule has 0 bridgehead atoms. The van der Waals surface area contributed by atoms with E-state index >= 15 is 0 Å². The van der Waals surface area contributed by atoms with Gasteiger partial charge in [0.2, 0.25) is 11.9 Å². The number of carbonyl (C=O) groups excluding carboxylic acids is 1. The number of nitrogens with one attached hydrogen (secondary N) is 1. The lowest BCUT2D eigenvalue weighted by molar-refractivity contribution is -0.115. The Morgan fingerprint density at radius 2 is 1.61 bits per heavy atom. The van der Waals surface area contributed by atoms with E-state index in [2.05, 4.69) is 10.3 Å². The third-order valence-corrected chi connectivity index (χ3v) is 5.88. The SMILES string of the molecule is Cn1c(-c2ccc(F)cc2)cnc1NC(=O)CCS(=O)(=O)c1ccc(F)cc1. The van der Waals surface area contributed by atoms with E-state index in [0.717, 1.165) is 29.8 Å². The molecule has 1 amide bonds. The second kappa shape index (κ2) is 7.89. The van der Waals surface area contributed by atoms with Crippen LogP contribution in [-0.4, -0.2) is 29.6 Å². The van der Waals surface area contributed by atoms with Crippen molar-refractivity contribution in [3.8, 4) is 11.3 Å². The maximum atomic E-state index is 13.1. The molecule has 3 aromatic rings. The van der Waals surface area contributed by atoms with Gasteiger partial charge in [-0.2, -0.15) is 0 Å². The first-order chi connectivity index (χ1) is 13.3. The number of rotatable bonds is 6. The van der Waals surface area contributed by atoms with Crippen molar-refractivity contribution in [1.82, 2.24) is 9.55 Å². The van der Waals surface area contributed by atoms with Crippen LogP contribution in [0.15, 0.2) is 59.6 Å². The molecule has 0 spiro atoms. The summed E-state index contributed by atoms with van der Waals surface area (Å²) < 4.78 is 52.1. The largest absolute Gasteiger partial charge is 0.313 e. The summed E-state index contributed by atoms with van der Waals surface area (Å²) in [5.41, 5.74) is 1.38. The molecule has 28 heavy (non-hydrogen) atoms. The lowest BCUT2D eigenvalue weighted by Crippen LogP contribution is -2.19. The number of halogens is 2. The Hall–Kier alpha value is -3.07. The van der Waals surface area contributed by atoms with Gasteiger partial charge >= 0.3 is 0 Å². The van der Waals surface area contributed by atoms with Crippen molar-refractivity contribution in [1.29, 1.82) is 0 Å². The van der Waals surface area contributed by atoms with Gasteiger partial charge in [0.15, 0.2) is 9.84 Å². The molecular formula is C19H17F2N3O3S. The summed E-state index contributed by atoms with van der Waals surface area (Å²) in [5, 5.41) is 2.56. The molecule has 3 rings (SSSR count). The zero-order valence-electron chi connectivity index (χ0n) is 14.9. The second-order valence-electron chi connectivity index (χ2n) is 6.10. The number of benzene rings is 2.